The number of hydrogen-bond acceptors (Lipinski definition) is 5. The maximum Gasteiger partial charge on any atom is 0.236 e. The van der Waals surface area contributed by atoms with Gasteiger partial charge in [0.2, 0.25) is 12.7 Å². The van der Waals surface area contributed by atoms with Gasteiger partial charge in [0.15, 0.2) is 11.5 Å². The van der Waals surface area contributed by atoms with Gasteiger partial charge in [-0.2, -0.15) is 0 Å². The van der Waals surface area contributed by atoms with Crippen LogP contribution in [0, 0.1) is 11.8 Å². The van der Waals surface area contributed by atoms with Crippen molar-refractivity contribution in [2.24, 2.45) is 11.8 Å². The number of hydrogen-bond donors (Lipinski definition) is 0. The standard InChI is InChI=1S/C23H33N3O3/c27-23(16-25-8-7-19-3-1-2-4-20(19)15-25)26-11-9-24(10-12-26)14-18-5-6-21-22(13-18)29-17-28-21/h5-6,13,19-20H,1-4,7-12,14-17H2/t19-,20-/m1/s1. The highest BCUT2D eigenvalue weighted by Crippen LogP contribution is 2.36. The average molecular weight is 400 g/mol. The van der Waals surface area contributed by atoms with Gasteiger partial charge in [0.1, 0.15) is 0 Å². The third-order valence-electron chi connectivity index (χ3n) is 7.30. The molecule has 2 atom stereocenters. The Balaban J connectivity index is 1.08. The molecule has 3 heterocycles. The zero-order valence-corrected chi connectivity index (χ0v) is 17.4. The first-order valence-electron chi connectivity index (χ1n) is 11.4. The molecular weight excluding hydrogens is 366 g/mol. The number of piperazine rings is 1. The molecule has 158 valence electrons. The second-order valence-electron chi connectivity index (χ2n) is 9.17. The summed E-state index contributed by atoms with van der Waals surface area (Å²) in [6.07, 6.45) is 6.87. The molecule has 6 nitrogen and oxygen atoms in total. The zero-order valence-electron chi connectivity index (χ0n) is 17.4. The van der Waals surface area contributed by atoms with Crippen LogP contribution in [0.3, 0.4) is 0 Å². The fraction of sp³-hybridized carbons (Fsp3) is 0.696. The number of rotatable bonds is 4. The van der Waals surface area contributed by atoms with Crippen molar-refractivity contribution < 1.29 is 14.3 Å². The van der Waals surface area contributed by atoms with Gasteiger partial charge in [-0.25, -0.2) is 0 Å². The minimum absolute atomic E-state index is 0.317. The first kappa shape index (κ1) is 19.2. The highest BCUT2D eigenvalue weighted by atomic mass is 16.7. The van der Waals surface area contributed by atoms with Crippen LogP contribution in [0.25, 0.3) is 0 Å². The van der Waals surface area contributed by atoms with E-state index in [1.54, 1.807) is 0 Å². The average Bonchev–Trinajstić information content (AvgIpc) is 3.22. The summed E-state index contributed by atoms with van der Waals surface area (Å²) in [6.45, 7) is 7.62. The Bertz CT molecular complexity index is 732. The first-order chi connectivity index (χ1) is 14.2. The highest BCUT2D eigenvalue weighted by molar-refractivity contribution is 5.78. The van der Waals surface area contributed by atoms with E-state index in [0.717, 1.165) is 69.1 Å². The van der Waals surface area contributed by atoms with Gasteiger partial charge in [-0.3, -0.25) is 14.6 Å². The fourth-order valence-electron chi connectivity index (χ4n) is 5.56. The van der Waals surface area contributed by atoms with Crippen LogP contribution >= 0.6 is 0 Å². The van der Waals surface area contributed by atoms with Gasteiger partial charge in [-0.1, -0.05) is 25.3 Å². The molecule has 0 unspecified atom stereocenters. The van der Waals surface area contributed by atoms with Gasteiger partial charge >= 0.3 is 0 Å². The number of benzene rings is 1. The molecule has 1 aliphatic carbocycles. The van der Waals surface area contributed by atoms with Crippen molar-refractivity contribution in [1.82, 2.24) is 14.7 Å². The third-order valence-corrected chi connectivity index (χ3v) is 7.30. The first-order valence-corrected chi connectivity index (χ1v) is 11.4. The fourth-order valence-corrected chi connectivity index (χ4v) is 5.56. The van der Waals surface area contributed by atoms with Crippen molar-refractivity contribution in [2.45, 2.75) is 38.6 Å². The zero-order chi connectivity index (χ0) is 19.6. The van der Waals surface area contributed by atoms with Crippen molar-refractivity contribution in [3.63, 3.8) is 0 Å². The highest BCUT2D eigenvalue weighted by Gasteiger charge is 2.32. The van der Waals surface area contributed by atoms with E-state index >= 15 is 0 Å². The van der Waals surface area contributed by atoms with Crippen LogP contribution in [0.15, 0.2) is 18.2 Å². The van der Waals surface area contributed by atoms with Crippen LogP contribution in [0.5, 0.6) is 11.5 Å². The maximum absolute atomic E-state index is 12.9. The van der Waals surface area contributed by atoms with Crippen LogP contribution in [0.2, 0.25) is 0 Å². The predicted molar refractivity (Wildman–Crippen MR) is 111 cm³/mol. The number of carbonyl (C=O) groups is 1. The molecule has 0 bridgehead atoms. The van der Waals surface area contributed by atoms with Gasteiger partial charge in [-0.15, -0.1) is 0 Å². The van der Waals surface area contributed by atoms with Gasteiger partial charge in [0.25, 0.3) is 0 Å². The smallest absolute Gasteiger partial charge is 0.236 e. The summed E-state index contributed by atoms with van der Waals surface area (Å²) in [5, 5.41) is 0. The van der Waals surface area contributed by atoms with E-state index in [2.05, 4.69) is 26.8 Å². The topological polar surface area (TPSA) is 45.3 Å². The molecule has 5 rings (SSSR count). The Morgan fingerprint density at radius 1 is 0.897 bits per heavy atom. The molecule has 29 heavy (non-hydrogen) atoms. The Morgan fingerprint density at radius 2 is 1.69 bits per heavy atom. The lowest BCUT2D eigenvalue weighted by molar-refractivity contribution is -0.135. The second kappa shape index (κ2) is 8.52. The number of amides is 1. The Kier molecular flexibility index (Phi) is 5.64. The Hall–Kier alpha value is -1.79. The SMILES string of the molecule is O=C(CN1CC[C@H]2CCCC[C@@H]2C1)N1CCN(Cc2ccc3c(c2)OCO3)CC1. The lowest BCUT2D eigenvalue weighted by Gasteiger charge is -2.42. The van der Waals surface area contributed by atoms with Crippen molar-refractivity contribution in [3.8, 4) is 11.5 Å². The van der Waals surface area contributed by atoms with Crippen LogP contribution < -0.4 is 9.47 Å². The van der Waals surface area contributed by atoms with Gasteiger partial charge in [0, 0.05) is 39.3 Å². The molecular formula is C23H33N3O3. The molecule has 6 heteroatoms. The summed E-state index contributed by atoms with van der Waals surface area (Å²) >= 11 is 0. The minimum Gasteiger partial charge on any atom is -0.454 e. The third kappa shape index (κ3) is 4.38. The molecule has 4 aliphatic rings. The summed E-state index contributed by atoms with van der Waals surface area (Å²) in [5.41, 5.74) is 1.24. The summed E-state index contributed by atoms with van der Waals surface area (Å²) in [6, 6.07) is 6.18. The quantitative estimate of drug-likeness (QED) is 0.779. The molecule has 2 saturated heterocycles. The molecule has 0 spiro atoms. The van der Waals surface area contributed by atoms with Crippen molar-refractivity contribution in [3.05, 3.63) is 23.8 Å². The largest absolute Gasteiger partial charge is 0.454 e. The number of nitrogens with zero attached hydrogens (tertiary/aromatic N) is 3. The molecule has 1 aromatic carbocycles. The maximum atomic E-state index is 12.9. The van der Waals surface area contributed by atoms with Gasteiger partial charge in [-0.05, 0) is 48.9 Å². The number of ether oxygens (including phenoxy) is 2. The van der Waals surface area contributed by atoms with E-state index in [0.29, 0.717) is 19.2 Å². The molecule has 1 amide bonds. The summed E-state index contributed by atoms with van der Waals surface area (Å²) in [7, 11) is 0. The minimum atomic E-state index is 0.317. The van der Waals surface area contributed by atoms with Crippen LogP contribution in [-0.4, -0.2) is 73.2 Å². The molecule has 0 N–H and O–H groups in total. The normalized spacial score (nSPS) is 27.7. The van der Waals surface area contributed by atoms with Crippen LogP contribution in [0.1, 0.15) is 37.7 Å². The summed E-state index contributed by atoms with van der Waals surface area (Å²) < 4.78 is 10.9. The summed E-state index contributed by atoms with van der Waals surface area (Å²) in [4.78, 5) is 19.8. The lowest BCUT2D eigenvalue weighted by atomic mass is 9.75. The molecule has 0 radical (unpaired) electrons. The van der Waals surface area contributed by atoms with Gasteiger partial charge < -0.3 is 14.4 Å². The van der Waals surface area contributed by atoms with E-state index in [1.165, 1.54) is 37.7 Å². The number of fused-ring (bicyclic) bond motifs is 2. The Morgan fingerprint density at radius 3 is 2.55 bits per heavy atom. The molecule has 1 aromatic rings. The van der Waals surface area contributed by atoms with Crippen molar-refractivity contribution >= 4 is 5.91 Å². The second-order valence-corrected chi connectivity index (χ2v) is 9.17. The van der Waals surface area contributed by atoms with E-state index in [1.807, 2.05) is 6.07 Å². The molecule has 3 aliphatic heterocycles. The Labute approximate surface area is 173 Å². The van der Waals surface area contributed by atoms with E-state index in [9.17, 15) is 4.79 Å². The number of piperidine rings is 1. The lowest BCUT2D eigenvalue weighted by Crippen LogP contribution is -2.52. The predicted octanol–water partition coefficient (Wildman–Crippen LogP) is 2.57. The van der Waals surface area contributed by atoms with Crippen molar-refractivity contribution in [1.29, 1.82) is 0 Å². The van der Waals surface area contributed by atoms with E-state index < -0.39 is 0 Å². The monoisotopic (exact) mass is 399 g/mol. The van der Waals surface area contributed by atoms with Crippen molar-refractivity contribution in [2.75, 3.05) is 52.6 Å². The van der Waals surface area contributed by atoms with Gasteiger partial charge in [0.05, 0.1) is 6.54 Å². The number of likely N-dealkylation sites (tertiary alicyclic amines) is 1. The van der Waals surface area contributed by atoms with Crippen LogP contribution in [0.4, 0.5) is 0 Å². The molecule has 3 fully saturated rings. The van der Waals surface area contributed by atoms with E-state index in [4.69, 9.17) is 9.47 Å². The van der Waals surface area contributed by atoms with E-state index in [-0.39, 0.29) is 0 Å². The molecule has 1 saturated carbocycles. The summed E-state index contributed by atoms with van der Waals surface area (Å²) in [5.74, 6) is 3.76. The van der Waals surface area contributed by atoms with Crippen LogP contribution in [-0.2, 0) is 11.3 Å². The number of carbonyl (C=O) groups excluding carboxylic acids is 1. The molecule has 0 aromatic heterocycles.